The summed E-state index contributed by atoms with van der Waals surface area (Å²) in [5.74, 6) is 1.09. The Morgan fingerprint density at radius 2 is 1.57 bits per heavy atom. The highest BCUT2D eigenvalue weighted by atomic mass is 35.5. The molecule has 1 saturated heterocycles. The molecular weight excluding hydrogens is 394 g/mol. The molecule has 0 spiro atoms. The van der Waals surface area contributed by atoms with E-state index in [0.29, 0.717) is 0 Å². The highest BCUT2D eigenvalue weighted by Gasteiger charge is 2.22. The van der Waals surface area contributed by atoms with Gasteiger partial charge in [-0.2, -0.15) is 9.61 Å². The van der Waals surface area contributed by atoms with Gasteiger partial charge in [0.1, 0.15) is 5.82 Å². The van der Waals surface area contributed by atoms with Crippen molar-refractivity contribution in [3.8, 4) is 22.4 Å². The van der Waals surface area contributed by atoms with Gasteiger partial charge in [-0.15, -0.1) is 0 Å². The predicted molar refractivity (Wildman–Crippen MR) is 123 cm³/mol. The summed E-state index contributed by atoms with van der Waals surface area (Å²) in [6.07, 6.45) is 0. The smallest absolute Gasteiger partial charge is 0.166 e. The van der Waals surface area contributed by atoms with Crippen LogP contribution in [-0.2, 0) is 0 Å². The SMILES string of the molecule is Cc1nn2c(N3CCN(C)CC3)cc(-c3ccccc3)nc2c1-c1ccc(Cl)cc1. The van der Waals surface area contributed by atoms with Crippen LogP contribution in [0.2, 0.25) is 5.02 Å². The molecule has 5 rings (SSSR count). The molecule has 6 heteroatoms. The molecule has 1 aliphatic rings. The van der Waals surface area contributed by atoms with Crippen LogP contribution in [0.1, 0.15) is 5.69 Å². The van der Waals surface area contributed by atoms with E-state index in [0.717, 1.165) is 70.7 Å². The standard InChI is InChI=1S/C24H24ClN5/c1-17-23(19-8-10-20(25)11-9-19)24-26-21(18-6-4-3-5-7-18)16-22(30(24)27-17)29-14-12-28(2)13-15-29/h3-11,16H,12-15H2,1-2H3. The van der Waals surface area contributed by atoms with Crippen LogP contribution in [0.3, 0.4) is 0 Å². The number of halogens is 1. The molecule has 0 bridgehead atoms. The van der Waals surface area contributed by atoms with Crippen LogP contribution in [0.5, 0.6) is 0 Å². The first-order valence-electron chi connectivity index (χ1n) is 10.3. The zero-order valence-electron chi connectivity index (χ0n) is 17.2. The van der Waals surface area contributed by atoms with Gasteiger partial charge in [0.15, 0.2) is 5.65 Å². The lowest BCUT2D eigenvalue weighted by Crippen LogP contribution is -2.45. The first-order valence-corrected chi connectivity index (χ1v) is 10.6. The fourth-order valence-electron chi connectivity index (χ4n) is 4.08. The summed E-state index contributed by atoms with van der Waals surface area (Å²) in [5, 5.41) is 5.63. The highest BCUT2D eigenvalue weighted by Crippen LogP contribution is 2.33. The van der Waals surface area contributed by atoms with Gasteiger partial charge in [0.2, 0.25) is 0 Å². The van der Waals surface area contributed by atoms with Crippen molar-refractivity contribution in [1.29, 1.82) is 0 Å². The minimum absolute atomic E-state index is 0.726. The number of aryl methyl sites for hydroxylation is 1. The Balaban J connectivity index is 1.74. The van der Waals surface area contributed by atoms with E-state index >= 15 is 0 Å². The topological polar surface area (TPSA) is 36.7 Å². The number of nitrogens with zero attached hydrogens (tertiary/aromatic N) is 5. The maximum Gasteiger partial charge on any atom is 0.166 e. The lowest BCUT2D eigenvalue weighted by molar-refractivity contribution is 0.311. The molecule has 0 atom stereocenters. The molecule has 2 aromatic heterocycles. The molecule has 4 aromatic rings. The molecule has 2 aromatic carbocycles. The van der Waals surface area contributed by atoms with Gasteiger partial charge in [-0.05, 0) is 31.7 Å². The van der Waals surface area contributed by atoms with Crippen molar-refractivity contribution in [1.82, 2.24) is 19.5 Å². The van der Waals surface area contributed by atoms with Crippen molar-refractivity contribution in [2.45, 2.75) is 6.92 Å². The Morgan fingerprint density at radius 1 is 0.867 bits per heavy atom. The van der Waals surface area contributed by atoms with Gasteiger partial charge in [0, 0.05) is 48.4 Å². The van der Waals surface area contributed by atoms with E-state index in [-0.39, 0.29) is 0 Å². The van der Waals surface area contributed by atoms with Gasteiger partial charge < -0.3 is 9.80 Å². The van der Waals surface area contributed by atoms with Crippen LogP contribution in [0.25, 0.3) is 28.0 Å². The number of aromatic nitrogens is 3. The molecule has 0 unspecified atom stereocenters. The molecule has 0 radical (unpaired) electrons. The average Bonchev–Trinajstić information content (AvgIpc) is 3.11. The second kappa shape index (κ2) is 7.74. The Labute approximate surface area is 181 Å². The van der Waals surface area contributed by atoms with Crippen molar-refractivity contribution in [3.05, 3.63) is 71.4 Å². The molecule has 1 aliphatic heterocycles. The number of fused-ring (bicyclic) bond motifs is 1. The monoisotopic (exact) mass is 417 g/mol. The number of hydrogen-bond donors (Lipinski definition) is 0. The van der Waals surface area contributed by atoms with Crippen LogP contribution in [-0.4, -0.2) is 52.7 Å². The van der Waals surface area contributed by atoms with Gasteiger partial charge in [0.05, 0.1) is 11.4 Å². The van der Waals surface area contributed by atoms with Crippen LogP contribution in [0.4, 0.5) is 5.82 Å². The molecule has 0 N–H and O–H groups in total. The molecule has 3 heterocycles. The van der Waals surface area contributed by atoms with E-state index in [1.165, 1.54) is 0 Å². The fraction of sp³-hybridized carbons (Fsp3) is 0.250. The molecule has 0 amide bonds. The Kier molecular flexibility index (Phi) is 4.93. The van der Waals surface area contributed by atoms with Crippen molar-refractivity contribution in [2.75, 3.05) is 38.1 Å². The van der Waals surface area contributed by atoms with Gasteiger partial charge in [-0.3, -0.25) is 0 Å². The zero-order chi connectivity index (χ0) is 20.7. The Bertz CT molecular complexity index is 1180. The maximum absolute atomic E-state index is 6.13. The van der Waals surface area contributed by atoms with Gasteiger partial charge in [-0.25, -0.2) is 4.98 Å². The molecule has 5 nitrogen and oxygen atoms in total. The molecule has 1 fully saturated rings. The summed E-state index contributed by atoms with van der Waals surface area (Å²) in [7, 11) is 2.17. The summed E-state index contributed by atoms with van der Waals surface area (Å²) in [5.41, 5.74) is 6.05. The molecular formula is C24H24ClN5. The largest absolute Gasteiger partial charge is 0.354 e. The second-order valence-electron chi connectivity index (χ2n) is 7.86. The summed E-state index contributed by atoms with van der Waals surface area (Å²) in [4.78, 5) is 9.84. The molecule has 152 valence electrons. The van der Waals surface area contributed by atoms with Gasteiger partial charge in [0.25, 0.3) is 0 Å². The third kappa shape index (κ3) is 3.44. The van der Waals surface area contributed by atoms with Crippen LogP contribution in [0.15, 0.2) is 60.7 Å². The number of anilines is 1. The number of hydrogen-bond acceptors (Lipinski definition) is 4. The Morgan fingerprint density at radius 3 is 2.27 bits per heavy atom. The first-order chi connectivity index (χ1) is 14.6. The third-order valence-corrected chi connectivity index (χ3v) is 6.03. The van der Waals surface area contributed by atoms with Gasteiger partial charge >= 0.3 is 0 Å². The van der Waals surface area contributed by atoms with Crippen LogP contribution < -0.4 is 4.90 Å². The van der Waals surface area contributed by atoms with Gasteiger partial charge in [-0.1, -0.05) is 54.1 Å². The maximum atomic E-state index is 6.13. The van der Waals surface area contributed by atoms with E-state index in [1.807, 2.05) is 34.8 Å². The minimum Gasteiger partial charge on any atom is -0.354 e. The van der Waals surface area contributed by atoms with E-state index in [2.05, 4.69) is 54.1 Å². The van der Waals surface area contributed by atoms with E-state index in [1.54, 1.807) is 0 Å². The number of benzene rings is 2. The zero-order valence-corrected chi connectivity index (χ0v) is 18.0. The Hall–Kier alpha value is -2.89. The molecule has 0 saturated carbocycles. The predicted octanol–water partition coefficient (Wildman–Crippen LogP) is 4.78. The van der Waals surface area contributed by atoms with Crippen molar-refractivity contribution < 1.29 is 0 Å². The minimum atomic E-state index is 0.726. The van der Waals surface area contributed by atoms with Crippen LogP contribution in [0, 0.1) is 6.92 Å². The summed E-state index contributed by atoms with van der Waals surface area (Å²) in [6.45, 7) is 6.07. The van der Waals surface area contributed by atoms with Crippen molar-refractivity contribution in [3.63, 3.8) is 0 Å². The molecule has 0 aliphatic carbocycles. The summed E-state index contributed by atoms with van der Waals surface area (Å²) in [6, 6.07) is 20.5. The second-order valence-corrected chi connectivity index (χ2v) is 8.30. The van der Waals surface area contributed by atoms with Crippen molar-refractivity contribution in [2.24, 2.45) is 0 Å². The van der Waals surface area contributed by atoms with E-state index in [9.17, 15) is 0 Å². The van der Waals surface area contributed by atoms with E-state index in [4.69, 9.17) is 21.7 Å². The lowest BCUT2D eigenvalue weighted by atomic mass is 10.1. The summed E-state index contributed by atoms with van der Waals surface area (Å²) < 4.78 is 2.01. The average molecular weight is 418 g/mol. The van der Waals surface area contributed by atoms with E-state index < -0.39 is 0 Å². The van der Waals surface area contributed by atoms with Crippen LogP contribution >= 0.6 is 11.6 Å². The quantitative estimate of drug-likeness (QED) is 0.480. The number of rotatable bonds is 3. The fourth-order valence-corrected chi connectivity index (χ4v) is 4.21. The highest BCUT2D eigenvalue weighted by molar-refractivity contribution is 6.30. The van der Waals surface area contributed by atoms with Crippen molar-refractivity contribution >= 4 is 23.1 Å². The first kappa shape index (κ1) is 19.1. The number of piperazine rings is 1. The molecule has 30 heavy (non-hydrogen) atoms. The number of likely N-dealkylation sites (N-methyl/N-ethyl adjacent to an activating group) is 1. The summed E-state index contributed by atoms with van der Waals surface area (Å²) >= 11 is 6.13. The normalized spacial score (nSPS) is 15.1. The third-order valence-electron chi connectivity index (χ3n) is 5.77. The lowest BCUT2D eigenvalue weighted by Gasteiger charge is -2.34.